The summed E-state index contributed by atoms with van der Waals surface area (Å²) in [7, 11) is 1.83. The molecule has 7 nitrogen and oxygen atoms in total. The Labute approximate surface area is 141 Å². The molecular weight excluding hydrogens is 306 g/mol. The van der Waals surface area contributed by atoms with E-state index in [-0.39, 0.29) is 28.7 Å². The maximum Gasteiger partial charge on any atom is 0.273 e. The molecule has 2 N–H and O–H groups in total. The van der Waals surface area contributed by atoms with Crippen molar-refractivity contribution in [3.8, 4) is 11.5 Å². The predicted octanol–water partition coefficient (Wildman–Crippen LogP) is 2.11. The van der Waals surface area contributed by atoms with Crippen LogP contribution in [0, 0.1) is 0 Å². The van der Waals surface area contributed by atoms with Crippen molar-refractivity contribution in [3.63, 3.8) is 0 Å². The Morgan fingerprint density at radius 2 is 2.00 bits per heavy atom. The second-order valence-corrected chi connectivity index (χ2v) is 7.92. The van der Waals surface area contributed by atoms with Crippen molar-refractivity contribution in [2.75, 3.05) is 0 Å². The van der Waals surface area contributed by atoms with E-state index in [9.17, 15) is 4.79 Å². The van der Waals surface area contributed by atoms with Gasteiger partial charge in [0.2, 0.25) is 0 Å². The number of aryl methyl sites for hydroxylation is 1. The van der Waals surface area contributed by atoms with E-state index in [1.807, 2.05) is 19.3 Å². The fourth-order valence-electron chi connectivity index (χ4n) is 3.73. The smallest absolute Gasteiger partial charge is 0.273 e. The maximum atomic E-state index is 12.5. The number of nitrogens with zero attached hydrogens (tertiary/aromatic N) is 3. The molecule has 24 heavy (non-hydrogen) atoms. The first-order valence-electron chi connectivity index (χ1n) is 8.21. The maximum absolute atomic E-state index is 12.5. The van der Waals surface area contributed by atoms with Gasteiger partial charge in [0.25, 0.3) is 5.91 Å². The first-order valence-corrected chi connectivity index (χ1v) is 8.21. The van der Waals surface area contributed by atoms with Crippen molar-refractivity contribution in [1.29, 1.82) is 0 Å². The molecule has 2 aromatic heterocycles. The average Bonchev–Trinajstić information content (AvgIpc) is 3.02. The van der Waals surface area contributed by atoms with E-state index in [1.165, 1.54) is 0 Å². The number of hydrogen-bond acceptors (Lipinski definition) is 5. The molecule has 0 spiro atoms. The average molecular weight is 331 g/mol. The van der Waals surface area contributed by atoms with Crippen molar-refractivity contribution in [1.82, 2.24) is 25.6 Å². The second kappa shape index (κ2) is 5.73. The van der Waals surface area contributed by atoms with Crippen molar-refractivity contribution in [2.45, 2.75) is 57.7 Å². The molecule has 3 rings (SSSR count). The molecule has 130 valence electrons. The lowest BCUT2D eigenvalue weighted by Crippen LogP contribution is -2.62. The Bertz CT molecular complexity index is 728. The fraction of sp³-hybridized carbons (Fsp3) is 0.588. The largest absolute Gasteiger partial charge is 0.354 e. The number of carbonyl (C=O) groups excluding carboxylic acids is 1. The summed E-state index contributed by atoms with van der Waals surface area (Å²) in [5.74, 6) is 0.283. The Morgan fingerprint density at radius 1 is 1.33 bits per heavy atom. The van der Waals surface area contributed by atoms with Gasteiger partial charge < -0.3 is 15.2 Å². The van der Waals surface area contributed by atoms with E-state index >= 15 is 0 Å². The number of nitrogens with one attached hydrogen (secondary N) is 2. The molecule has 2 aromatic rings. The van der Waals surface area contributed by atoms with Crippen molar-refractivity contribution in [3.05, 3.63) is 24.0 Å². The summed E-state index contributed by atoms with van der Waals surface area (Å²) in [6, 6.07) is 3.55. The van der Waals surface area contributed by atoms with Gasteiger partial charge in [-0.05, 0) is 46.6 Å². The highest BCUT2D eigenvalue weighted by molar-refractivity contribution is 5.93. The van der Waals surface area contributed by atoms with Crippen LogP contribution in [0.2, 0.25) is 0 Å². The van der Waals surface area contributed by atoms with E-state index in [0.29, 0.717) is 11.5 Å². The minimum atomic E-state index is -0.209. The van der Waals surface area contributed by atoms with Crippen molar-refractivity contribution >= 4 is 5.91 Å². The Hall–Kier alpha value is -2.15. The van der Waals surface area contributed by atoms with E-state index in [0.717, 1.165) is 12.8 Å². The molecule has 7 heteroatoms. The molecule has 0 radical (unpaired) electrons. The standard InChI is InChI=1S/C17H25N5O2/c1-16(2)9-11(10-17(3,4)21-16)18-15(23)13-8-14(24-20-13)12-6-7-22(5)19-12/h6-8,11,21H,9-10H2,1-5H3,(H,18,23). The zero-order chi connectivity index (χ0) is 17.5. The number of carbonyl (C=O) groups is 1. The van der Waals surface area contributed by atoms with Gasteiger partial charge in [-0.1, -0.05) is 5.16 Å². The van der Waals surface area contributed by atoms with Crippen LogP contribution in [0.15, 0.2) is 22.9 Å². The molecule has 1 fully saturated rings. The number of hydrogen-bond donors (Lipinski definition) is 2. The van der Waals surface area contributed by atoms with Crippen LogP contribution in [-0.4, -0.2) is 38.0 Å². The van der Waals surface area contributed by atoms with Gasteiger partial charge in [-0.15, -0.1) is 0 Å². The number of rotatable bonds is 3. The van der Waals surface area contributed by atoms with Crippen molar-refractivity contribution < 1.29 is 9.32 Å². The predicted molar refractivity (Wildman–Crippen MR) is 90.5 cm³/mol. The highest BCUT2D eigenvalue weighted by Gasteiger charge is 2.38. The zero-order valence-corrected chi connectivity index (χ0v) is 14.9. The minimum absolute atomic E-state index is 0.0252. The van der Waals surface area contributed by atoms with Gasteiger partial charge >= 0.3 is 0 Å². The monoisotopic (exact) mass is 331 g/mol. The van der Waals surface area contributed by atoms with E-state index < -0.39 is 0 Å². The Balaban J connectivity index is 1.70. The third-order valence-electron chi connectivity index (χ3n) is 4.23. The summed E-state index contributed by atoms with van der Waals surface area (Å²) in [6.07, 6.45) is 3.55. The molecular formula is C17H25N5O2. The van der Waals surface area contributed by atoms with Gasteiger partial charge in [-0.25, -0.2) is 0 Å². The molecule has 3 heterocycles. The van der Waals surface area contributed by atoms with E-state index in [2.05, 4.69) is 48.6 Å². The lowest BCUT2D eigenvalue weighted by molar-refractivity contribution is 0.0864. The highest BCUT2D eigenvalue weighted by atomic mass is 16.5. The summed E-state index contributed by atoms with van der Waals surface area (Å²) in [5.41, 5.74) is 0.892. The molecule has 0 atom stereocenters. The zero-order valence-electron chi connectivity index (χ0n) is 14.9. The van der Waals surface area contributed by atoms with Crippen LogP contribution in [-0.2, 0) is 7.05 Å². The summed E-state index contributed by atoms with van der Waals surface area (Å²) >= 11 is 0. The summed E-state index contributed by atoms with van der Waals surface area (Å²) in [6.45, 7) is 8.62. The van der Waals surface area contributed by atoms with Gasteiger partial charge in [0, 0.05) is 36.4 Å². The highest BCUT2D eigenvalue weighted by Crippen LogP contribution is 2.28. The van der Waals surface area contributed by atoms with E-state index in [4.69, 9.17) is 4.52 Å². The molecule has 0 saturated carbocycles. The van der Waals surface area contributed by atoms with Crippen LogP contribution in [0.1, 0.15) is 51.0 Å². The van der Waals surface area contributed by atoms with Crippen LogP contribution in [0.3, 0.4) is 0 Å². The SMILES string of the molecule is Cn1ccc(-c2cc(C(=O)NC3CC(C)(C)NC(C)(C)C3)no2)n1. The third-order valence-corrected chi connectivity index (χ3v) is 4.23. The van der Waals surface area contributed by atoms with Crippen LogP contribution in [0.25, 0.3) is 11.5 Å². The molecule has 0 aromatic carbocycles. The molecule has 1 aliphatic heterocycles. The molecule has 0 aliphatic carbocycles. The van der Waals surface area contributed by atoms with Crippen LogP contribution < -0.4 is 10.6 Å². The van der Waals surface area contributed by atoms with Crippen LogP contribution in [0.4, 0.5) is 0 Å². The number of aromatic nitrogens is 3. The summed E-state index contributed by atoms with van der Waals surface area (Å²) in [5, 5.41) is 14.8. The lowest BCUT2D eigenvalue weighted by atomic mass is 9.79. The Morgan fingerprint density at radius 3 is 2.58 bits per heavy atom. The minimum Gasteiger partial charge on any atom is -0.354 e. The molecule has 0 unspecified atom stereocenters. The third kappa shape index (κ3) is 3.67. The quantitative estimate of drug-likeness (QED) is 0.900. The molecule has 0 bridgehead atoms. The molecule has 1 aliphatic rings. The molecule has 1 saturated heterocycles. The van der Waals surface area contributed by atoms with Gasteiger partial charge in [-0.2, -0.15) is 5.10 Å². The number of piperidine rings is 1. The first kappa shape index (κ1) is 16.7. The first-order chi connectivity index (χ1) is 11.1. The van der Waals surface area contributed by atoms with Crippen LogP contribution >= 0.6 is 0 Å². The fourth-order valence-corrected chi connectivity index (χ4v) is 3.73. The van der Waals surface area contributed by atoms with Gasteiger partial charge in [0.05, 0.1) is 0 Å². The summed E-state index contributed by atoms with van der Waals surface area (Å²) < 4.78 is 6.93. The van der Waals surface area contributed by atoms with Gasteiger partial charge in [0.1, 0.15) is 5.69 Å². The van der Waals surface area contributed by atoms with Crippen LogP contribution in [0.5, 0.6) is 0 Å². The summed E-state index contributed by atoms with van der Waals surface area (Å²) in [4.78, 5) is 12.5. The lowest BCUT2D eigenvalue weighted by Gasteiger charge is -2.46. The van der Waals surface area contributed by atoms with Gasteiger partial charge in [-0.3, -0.25) is 9.48 Å². The number of amides is 1. The topological polar surface area (TPSA) is 85.0 Å². The van der Waals surface area contributed by atoms with Gasteiger partial charge in [0.15, 0.2) is 11.5 Å². The normalized spacial score (nSPS) is 20.0. The van der Waals surface area contributed by atoms with E-state index in [1.54, 1.807) is 10.7 Å². The molecule has 1 amide bonds. The van der Waals surface area contributed by atoms with Crippen molar-refractivity contribution in [2.24, 2.45) is 7.05 Å². The second-order valence-electron chi connectivity index (χ2n) is 7.92. The Kier molecular flexibility index (Phi) is 3.99.